The average molecular weight is 427 g/mol. The average Bonchev–Trinajstić information content (AvgIpc) is 2.76. The number of thiocarbonyl (C=S) groups is 1. The van der Waals surface area contributed by atoms with Crippen LogP contribution in [0.3, 0.4) is 0 Å². The lowest BCUT2D eigenvalue weighted by Gasteiger charge is -2.10. The lowest BCUT2D eigenvalue weighted by Crippen LogP contribution is -2.48. The summed E-state index contributed by atoms with van der Waals surface area (Å²) in [6.45, 7) is 2.28. The van der Waals surface area contributed by atoms with Gasteiger partial charge in [-0.3, -0.25) is 25.8 Å². The van der Waals surface area contributed by atoms with E-state index >= 15 is 0 Å². The van der Waals surface area contributed by atoms with E-state index in [-0.39, 0.29) is 11.7 Å². The van der Waals surface area contributed by atoms with E-state index in [9.17, 15) is 14.4 Å². The molecule has 2 aromatic carbocycles. The minimum atomic E-state index is -0.644. The highest BCUT2D eigenvalue weighted by molar-refractivity contribution is 7.80. The van der Waals surface area contributed by atoms with Crippen molar-refractivity contribution in [3.63, 3.8) is 0 Å². The number of esters is 1. The fourth-order valence-corrected chi connectivity index (χ4v) is 2.30. The third-order valence-corrected chi connectivity index (χ3v) is 3.75. The van der Waals surface area contributed by atoms with Crippen LogP contribution in [0.1, 0.15) is 22.8 Å². The van der Waals surface area contributed by atoms with Gasteiger partial charge in [0.2, 0.25) is 5.91 Å². The Bertz CT molecular complexity index is 914. The van der Waals surface area contributed by atoms with Gasteiger partial charge in [0.1, 0.15) is 12.4 Å². The van der Waals surface area contributed by atoms with Crippen LogP contribution in [0.4, 0.5) is 0 Å². The van der Waals surface area contributed by atoms with E-state index in [0.29, 0.717) is 17.9 Å². The first-order valence-corrected chi connectivity index (χ1v) is 9.41. The third-order valence-electron chi connectivity index (χ3n) is 3.55. The van der Waals surface area contributed by atoms with Crippen molar-refractivity contribution in [1.29, 1.82) is 0 Å². The third kappa shape index (κ3) is 8.11. The highest BCUT2D eigenvalue weighted by Crippen LogP contribution is 2.14. The van der Waals surface area contributed by atoms with Crippen LogP contribution in [0, 0.1) is 0 Å². The van der Waals surface area contributed by atoms with Crippen molar-refractivity contribution in [3.05, 3.63) is 77.9 Å². The second-order valence-electron chi connectivity index (χ2n) is 5.78. The Morgan fingerprint density at radius 3 is 2.33 bits per heavy atom. The molecule has 2 aromatic rings. The Morgan fingerprint density at radius 1 is 0.967 bits per heavy atom. The van der Waals surface area contributed by atoms with Crippen LogP contribution in [0.15, 0.2) is 66.7 Å². The molecule has 0 aliphatic carbocycles. The lowest BCUT2D eigenvalue weighted by molar-refractivity contribution is -0.137. The normalized spacial score (nSPS) is 10.2. The predicted molar refractivity (Wildman–Crippen MR) is 114 cm³/mol. The van der Waals surface area contributed by atoms with E-state index in [0.717, 1.165) is 17.7 Å². The monoisotopic (exact) mass is 427 g/mol. The molecule has 0 aliphatic rings. The molecule has 0 spiro atoms. The SMILES string of the molecule is CCOC(=O)/C=C/C(=O)NC(=S)NNC(=O)c1ccc(OCc2ccccc2)cc1. The fraction of sp³-hybridized carbons (Fsp3) is 0.143. The molecule has 0 heterocycles. The number of ether oxygens (including phenoxy) is 2. The van der Waals surface area contributed by atoms with Crippen LogP contribution in [-0.4, -0.2) is 29.5 Å². The first-order chi connectivity index (χ1) is 14.5. The van der Waals surface area contributed by atoms with Crippen LogP contribution in [0.5, 0.6) is 5.75 Å². The maximum atomic E-state index is 12.2. The molecule has 0 radical (unpaired) electrons. The highest BCUT2D eigenvalue weighted by atomic mass is 32.1. The lowest BCUT2D eigenvalue weighted by atomic mass is 10.2. The fourth-order valence-electron chi connectivity index (χ4n) is 2.15. The highest BCUT2D eigenvalue weighted by Gasteiger charge is 2.07. The quantitative estimate of drug-likeness (QED) is 0.269. The van der Waals surface area contributed by atoms with E-state index in [1.54, 1.807) is 31.2 Å². The summed E-state index contributed by atoms with van der Waals surface area (Å²) in [5, 5.41) is 2.14. The molecule has 8 nitrogen and oxygen atoms in total. The number of rotatable bonds is 7. The van der Waals surface area contributed by atoms with Crippen molar-refractivity contribution >= 4 is 35.1 Å². The molecule has 0 aromatic heterocycles. The standard InChI is InChI=1S/C21H21N3O5S/c1-2-28-19(26)13-12-18(25)22-21(30)24-23-20(27)16-8-10-17(11-9-16)29-14-15-6-4-3-5-7-15/h3-13H,2,14H2,1H3,(H,23,27)(H2,22,24,25,30)/b13-12+. The summed E-state index contributed by atoms with van der Waals surface area (Å²) in [5.74, 6) is -1.12. The number of hydrogen-bond donors (Lipinski definition) is 3. The van der Waals surface area contributed by atoms with Gasteiger partial charge in [-0.1, -0.05) is 30.3 Å². The molecule has 2 rings (SSSR count). The zero-order valence-corrected chi connectivity index (χ0v) is 17.0. The van der Waals surface area contributed by atoms with Gasteiger partial charge in [-0.2, -0.15) is 0 Å². The largest absolute Gasteiger partial charge is 0.489 e. The van der Waals surface area contributed by atoms with Crippen LogP contribution >= 0.6 is 12.2 Å². The maximum Gasteiger partial charge on any atom is 0.330 e. The predicted octanol–water partition coefficient (Wildman–Crippen LogP) is 2.02. The van der Waals surface area contributed by atoms with Crippen molar-refractivity contribution in [3.8, 4) is 5.75 Å². The molecule has 0 unspecified atom stereocenters. The van der Waals surface area contributed by atoms with Crippen molar-refractivity contribution in [2.45, 2.75) is 13.5 Å². The molecule has 30 heavy (non-hydrogen) atoms. The number of hydrazine groups is 1. The summed E-state index contributed by atoms with van der Waals surface area (Å²) in [6, 6.07) is 16.3. The molecule has 9 heteroatoms. The summed E-state index contributed by atoms with van der Waals surface area (Å²) in [5.41, 5.74) is 6.17. The van der Waals surface area contributed by atoms with Crippen molar-refractivity contribution in [2.75, 3.05) is 6.61 Å². The van der Waals surface area contributed by atoms with Gasteiger partial charge in [0, 0.05) is 17.7 Å². The zero-order chi connectivity index (χ0) is 21.8. The minimum absolute atomic E-state index is 0.135. The first kappa shape index (κ1) is 22.6. The van der Waals surface area contributed by atoms with Gasteiger partial charge in [-0.05, 0) is 49.0 Å². The van der Waals surface area contributed by atoms with E-state index in [4.69, 9.17) is 17.0 Å². The number of benzene rings is 2. The molecule has 0 fully saturated rings. The summed E-state index contributed by atoms with van der Waals surface area (Å²) in [7, 11) is 0. The molecule has 2 amide bonds. The second kappa shape index (κ2) is 12.0. The van der Waals surface area contributed by atoms with E-state index in [1.165, 1.54) is 0 Å². The molecule has 0 saturated carbocycles. The van der Waals surface area contributed by atoms with Crippen molar-refractivity contribution < 1.29 is 23.9 Å². The van der Waals surface area contributed by atoms with Crippen molar-refractivity contribution in [1.82, 2.24) is 16.2 Å². The number of carbonyl (C=O) groups excluding carboxylic acids is 3. The van der Waals surface area contributed by atoms with Crippen LogP contribution in [-0.2, 0) is 20.9 Å². The number of nitrogens with one attached hydrogen (secondary N) is 3. The Balaban J connectivity index is 1.75. The molecule has 0 aliphatic heterocycles. The van der Waals surface area contributed by atoms with Crippen molar-refractivity contribution in [2.24, 2.45) is 0 Å². The molecule has 0 atom stereocenters. The number of amides is 2. The Morgan fingerprint density at radius 2 is 1.67 bits per heavy atom. The Hall–Kier alpha value is -3.72. The van der Waals surface area contributed by atoms with Gasteiger partial charge in [0.25, 0.3) is 5.91 Å². The molecule has 0 saturated heterocycles. The molecule has 156 valence electrons. The Kier molecular flexibility index (Phi) is 9.01. The van der Waals surface area contributed by atoms with Gasteiger partial charge in [-0.25, -0.2) is 4.79 Å². The van der Waals surface area contributed by atoms with E-state index in [1.807, 2.05) is 30.3 Å². The van der Waals surface area contributed by atoms with Gasteiger partial charge in [-0.15, -0.1) is 0 Å². The summed E-state index contributed by atoms with van der Waals surface area (Å²) in [6.07, 6.45) is 1.95. The molecular formula is C21H21N3O5S. The van der Waals surface area contributed by atoms with Crippen LogP contribution in [0.2, 0.25) is 0 Å². The molecule has 0 bridgehead atoms. The van der Waals surface area contributed by atoms with Crippen LogP contribution < -0.4 is 20.9 Å². The van der Waals surface area contributed by atoms with Gasteiger partial charge in [0.05, 0.1) is 6.61 Å². The van der Waals surface area contributed by atoms with Gasteiger partial charge >= 0.3 is 5.97 Å². The summed E-state index contributed by atoms with van der Waals surface area (Å²) >= 11 is 4.90. The maximum absolute atomic E-state index is 12.2. The number of carbonyl (C=O) groups is 3. The number of hydrogen-bond acceptors (Lipinski definition) is 6. The summed E-state index contributed by atoms with van der Waals surface area (Å²) in [4.78, 5) is 34.9. The Labute approximate surface area is 179 Å². The topological polar surface area (TPSA) is 106 Å². The van der Waals surface area contributed by atoms with Gasteiger partial charge < -0.3 is 9.47 Å². The minimum Gasteiger partial charge on any atom is -0.489 e. The first-order valence-electron chi connectivity index (χ1n) is 9.01. The van der Waals surface area contributed by atoms with E-state index in [2.05, 4.69) is 20.9 Å². The van der Waals surface area contributed by atoms with Gasteiger partial charge in [0.15, 0.2) is 5.11 Å². The smallest absolute Gasteiger partial charge is 0.330 e. The van der Waals surface area contributed by atoms with Crippen LogP contribution in [0.25, 0.3) is 0 Å². The second-order valence-corrected chi connectivity index (χ2v) is 6.19. The van der Waals surface area contributed by atoms with E-state index < -0.39 is 17.8 Å². The molecular weight excluding hydrogens is 406 g/mol. The zero-order valence-electron chi connectivity index (χ0n) is 16.2. The molecule has 3 N–H and O–H groups in total. The summed E-state index contributed by atoms with van der Waals surface area (Å²) < 4.78 is 10.3.